The van der Waals surface area contributed by atoms with Crippen molar-refractivity contribution in [3.05, 3.63) is 82.4 Å². The van der Waals surface area contributed by atoms with Gasteiger partial charge in [0.1, 0.15) is 28.8 Å². The van der Waals surface area contributed by atoms with E-state index in [-0.39, 0.29) is 27.7 Å². The van der Waals surface area contributed by atoms with Gasteiger partial charge in [-0.1, -0.05) is 29.8 Å². The number of carbonyl (C=O) groups is 2. The number of hydrogen-bond acceptors (Lipinski definition) is 7. The minimum atomic E-state index is -1.01. The first-order chi connectivity index (χ1) is 16.8. The molecule has 0 aromatic heterocycles. The number of aromatic hydroxyl groups is 1. The predicted molar refractivity (Wildman–Crippen MR) is 130 cm³/mol. The van der Waals surface area contributed by atoms with Gasteiger partial charge >= 0.3 is 0 Å². The maximum atomic E-state index is 13.3. The number of methoxy groups -OCH3 is 3. The number of ether oxygens (including phenoxy) is 3. The molecule has 35 heavy (non-hydrogen) atoms. The van der Waals surface area contributed by atoms with E-state index in [1.54, 1.807) is 36.4 Å². The molecule has 1 saturated heterocycles. The molecule has 0 aliphatic carbocycles. The molecule has 1 fully saturated rings. The number of phenolic OH excluding ortho intramolecular Hbond substituents is 1. The molecule has 0 saturated carbocycles. The zero-order valence-corrected chi connectivity index (χ0v) is 19.9. The van der Waals surface area contributed by atoms with E-state index in [0.29, 0.717) is 22.7 Å². The largest absolute Gasteiger partial charge is 0.508 e. The van der Waals surface area contributed by atoms with Gasteiger partial charge < -0.3 is 24.4 Å². The molecule has 1 amide bonds. The third kappa shape index (κ3) is 4.24. The first-order valence-corrected chi connectivity index (χ1v) is 10.8. The summed E-state index contributed by atoms with van der Waals surface area (Å²) in [7, 11) is 4.32. The fourth-order valence-corrected chi connectivity index (χ4v) is 4.26. The Morgan fingerprint density at radius 3 is 2.23 bits per heavy atom. The van der Waals surface area contributed by atoms with E-state index >= 15 is 0 Å². The highest BCUT2D eigenvalue weighted by Gasteiger charge is 2.47. The lowest BCUT2D eigenvalue weighted by Gasteiger charge is -2.26. The normalized spacial score (nSPS) is 16.9. The molecule has 1 atom stereocenters. The van der Waals surface area contributed by atoms with E-state index in [2.05, 4.69) is 0 Å². The van der Waals surface area contributed by atoms with E-state index in [9.17, 15) is 19.8 Å². The average molecular weight is 496 g/mol. The standard InChI is InChI=1S/C26H22ClNO7/c1-33-17-6-4-5-15(11-17)28-23(14-7-9-16(29)10-8-14)22(25(31)26(28)32)24(30)18-12-19(27)21(35-3)13-20(18)34-2/h4-13,23,29-30H,1-3H3/b24-22+. The zero-order valence-electron chi connectivity index (χ0n) is 19.1. The molecule has 0 spiro atoms. The third-order valence-corrected chi connectivity index (χ3v) is 6.01. The fourth-order valence-electron chi connectivity index (χ4n) is 4.02. The van der Waals surface area contributed by atoms with E-state index in [1.165, 1.54) is 50.5 Å². The van der Waals surface area contributed by atoms with Crippen LogP contribution in [0.25, 0.3) is 5.76 Å². The molecule has 3 aromatic rings. The molecule has 4 rings (SSSR count). The number of benzene rings is 3. The van der Waals surface area contributed by atoms with Crippen molar-refractivity contribution < 1.29 is 34.0 Å². The predicted octanol–water partition coefficient (Wildman–Crippen LogP) is 4.70. The number of aliphatic hydroxyl groups excluding tert-OH is 1. The summed E-state index contributed by atoms with van der Waals surface area (Å²) in [6.45, 7) is 0. The fraction of sp³-hybridized carbons (Fsp3) is 0.154. The van der Waals surface area contributed by atoms with Crippen molar-refractivity contribution >= 4 is 34.7 Å². The quantitative estimate of drug-likeness (QED) is 0.290. The van der Waals surface area contributed by atoms with E-state index in [1.807, 2.05) is 0 Å². The van der Waals surface area contributed by atoms with Crippen LogP contribution in [0.15, 0.2) is 66.2 Å². The second kappa shape index (κ2) is 9.60. The topological polar surface area (TPSA) is 106 Å². The van der Waals surface area contributed by atoms with Gasteiger partial charge in [-0.25, -0.2) is 0 Å². The van der Waals surface area contributed by atoms with Gasteiger partial charge in [0.2, 0.25) is 0 Å². The minimum absolute atomic E-state index is 0.00990. The van der Waals surface area contributed by atoms with Gasteiger partial charge in [-0.15, -0.1) is 0 Å². The van der Waals surface area contributed by atoms with Crippen LogP contribution >= 0.6 is 11.6 Å². The summed E-state index contributed by atoms with van der Waals surface area (Å²) in [4.78, 5) is 27.9. The summed E-state index contributed by atoms with van der Waals surface area (Å²) in [6.07, 6.45) is 0. The molecule has 1 aliphatic heterocycles. The molecule has 0 bridgehead atoms. The summed E-state index contributed by atoms with van der Waals surface area (Å²) in [5.41, 5.74) is 0.835. The van der Waals surface area contributed by atoms with Crippen LogP contribution < -0.4 is 19.1 Å². The molecular weight excluding hydrogens is 474 g/mol. The van der Waals surface area contributed by atoms with Crippen LogP contribution in [0.2, 0.25) is 5.02 Å². The van der Waals surface area contributed by atoms with Gasteiger partial charge in [-0.2, -0.15) is 0 Å². The van der Waals surface area contributed by atoms with Crippen molar-refractivity contribution in [3.8, 4) is 23.0 Å². The molecule has 1 aliphatic rings. The van der Waals surface area contributed by atoms with E-state index in [4.69, 9.17) is 25.8 Å². The second-order valence-corrected chi connectivity index (χ2v) is 8.06. The van der Waals surface area contributed by atoms with Crippen LogP contribution in [0.1, 0.15) is 17.2 Å². The van der Waals surface area contributed by atoms with Crippen LogP contribution in [-0.4, -0.2) is 43.2 Å². The highest BCUT2D eigenvalue weighted by atomic mass is 35.5. The zero-order chi connectivity index (χ0) is 25.3. The molecule has 2 N–H and O–H groups in total. The number of rotatable bonds is 6. The summed E-state index contributed by atoms with van der Waals surface area (Å²) in [5, 5.41) is 21.4. The van der Waals surface area contributed by atoms with Crippen molar-refractivity contribution in [2.75, 3.05) is 26.2 Å². The number of aliphatic hydroxyl groups is 1. The Balaban J connectivity index is 1.98. The Morgan fingerprint density at radius 1 is 0.914 bits per heavy atom. The number of halogens is 1. The summed E-state index contributed by atoms with van der Waals surface area (Å²) in [5.74, 6) is -1.19. The number of carbonyl (C=O) groups excluding carboxylic acids is 2. The Kier molecular flexibility index (Phi) is 6.57. The van der Waals surface area contributed by atoms with Gasteiger partial charge in [0.25, 0.3) is 11.7 Å². The highest BCUT2D eigenvalue weighted by Crippen LogP contribution is 2.45. The number of ketones is 1. The lowest BCUT2D eigenvalue weighted by Crippen LogP contribution is -2.29. The molecule has 9 heteroatoms. The third-order valence-electron chi connectivity index (χ3n) is 5.71. The summed E-state index contributed by atoms with van der Waals surface area (Å²) in [6, 6.07) is 14.6. The Labute approximate surface area is 206 Å². The number of amides is 1. The minimum Gasteiger partial charge on any atom is -0.508 e. The first-order valence-electron chi connectivity index (χ1n) is 10.5. The van der Waals surface area contributed by atoms with Crippen LogP contribution in [0.3, 0.4) is 0 Å². The number of hydrogen-bond donors (Lipinski definition) is 2. The second-order valence-electron chi connectivity index (χ2n) is 7.65. The van der Waals surface area contributed by atoms with Crippen LogP contribution in [-0.2, 0) is 9.59 Å². The Bertz CT molecular complexity index is 1330. The van der Waals surface area contributed by atoms with E-state index in [0.717, 1.165) is 0 Å². The lowest BCUT2D eigenvalue weighted by atomic mass is 9.94. The first kappa shape index (κ1) is 24.0. The van der Waals surface area contributed by atoms with Gasteiger partial charge in [-0.05, 0) is 35.9 Å². The Hall–Kier alpha value is -4.17. The summed E-state index contributed by atoms with van der Waals surface area (Å²) >= 11 is 6.28. The average Bonchev–Trinajstić information content (AvgIpc) is 3.14. The smallest absolute Gasteiger partial charge is 0.300 e. The molecule has 1 heterocycles. The van der Waals surface area contributed by atoms with Crippen molar-refractivity contribution in [1.29, 1.82) is 0 Å². The molecule has 1 unspecified atom stereocenters. The van der Waals surface area contributed by atoms with Gasteiger partial charge in [0.05, 0.1) is 43.5 Å². The van der Waals surface area contributed by atoms with Gasteiger partial charge in [-0.3, -0.25) is 14.5 Å². The molecule has 3 aromatic carbocycles. The summed E-state index contributed by atoms with van der Waals surface area (Å²) < 4.78 is 15.9. The number of phenols is 1. The monoisotopic (exact) mass is 495 g/mol. The molecule has 0 radical (unpaired) electrons. The maximum Gasteiger partial charge on any atom is 0.300 e. The van der Waals surface area contributed by atoms with Crippen molar-refractivity contribution in [3.63, 3.8) is 0 Å². The van der Waals surface area contributed by atoms with Crippen molar-refractivity contribution in [2.45, 2.75) is 6.04 Å². The van der Waals surface area contributed by atoms with E-state index < -0.39 is 23.5 Å². The molecular formula is C26H22ClNO7. The van der Waals surface area contributed by atoms with Gasteiger partial charge in [0.15, 0.2) is 0 Å². The number of nitrogens with zero attached hydrogens (tertiary/aromatic N) is 1. The van der Waals surface area contributed by atoms with Crippen LogP contribution in [0.5, 0.6) is 23.0 Å². The van der Waals surface area contributed by atoms with Gasteiger partial charge in [0, 0.05) is 17.8 Å². The Morgan fingerprint density at radius 2 is 1.60 bits per heavy atom. The van der Waals surface area contributed by atoms with Crippen molar-refractivity contribution in [1.82, 2.24) is 0 Å². The van der Waals surface area contributed by atoms with Crippen LogP contribution in [0, 0.1) is 0 Å². The van der Waals surface area contributed by atoms with Crippen molar-refractivity contribution in [2.24, 2.45) is 0 Å². The molecule has 8 nitrogen and oxygen atoms in total. The lowest BCUT2D eigenvalue weighted by molar-refractivity contribution is -0.132. The molecule has 180 valence electrons. The highest BCUT2D eigenvalue weighted by molar-refractivity contribution is 6.51. The number of anilines is 1. The SMILES string of the molecule is COc1cccc(N2C(=O)C(=O)/C(=C(/O)c3cc(Cl)c(OC)cc3OC)C2c2ccc(O)cc2)c1. The van der Waals surface area contributed by atoms with Crippen LogP contribution in [0.4, 0.5) is 5.69 Å². The maximum absolute atomic E-state index is 13.3. The number of Topliss-reactive ketones (excluding diaryl/α,β-unsaturated/α-hetero) is 1.